The van der Waals surface area contributed by atoms with Crippen molar-refractivity contribution < 1.29 is 17.9 Å². The number of anilines is 2. The molecule has 0 fully saturated rings. The Kier molecular flexibility index (Phi) is 4.66. The first kappa shape index (κ1) is 19.8. The van der Waals surface area contributed by atoms with Gasteiger partial charge in [0.25, 0.3) is 0 Å². The summed E-state index contributed by atoms with van der Waals surface area (Å²) in [5.74, 6) is -0.383. The summed E-state index contributed by atoms with van der Waals surface area (Å²) in [5, 5.41) is 11.7. The smallest absolute Gasteiger partial charge is 0.451 e. The Morgan fingerprint density at radius 2 is 1.69 bits per heavy atom. The molecule has 9 heteroatoms. The SMILES string of the molecule is COc1ccc(-c2n[nH]c3ccc(Nc4nc(C(F)(F)F)nc5ccccc45)cc23)cc1. The van der Waals surface area contributed by atoms with Gasteiger partial charge in [0, 0.05) is 22.0 Å². The van der Waals surface area contributed by atoms with E-state index in [2.05, 4.69) is 25.5 Å². The first-order chi connectivity index (χ1) is 15.4. The number of nitrogens with zero attached hydrogens (tertiary/aromatic N) is 3. The molecule has 0 spiro atoms. The number of aromatic nitrogens is 4. The number of alkyl halides is 3. The number of halogens is 3. The predicted octanol–water partition coefficient (Wildman–Crippen LogP) is 5.94. The van der Waals surface area contributed by atoms with Gasteiger partial charge in [-0.25, -0.2) is 9.97 Å². The fourth-order valence-electron chi connectivity index (χ4n) is 3.50. The Hall–Kier alpha value is -4.14. The first-order valence-corrected chi connectivity index (χ1v) is 9.66. The van der Waals surface area contributed by atoms with E-state index < -0.39 is 12.0 Å². The fourth-order valence-corrected chi connectivity index (χ4v) is 3.50. The third-order valence-corrected chi connectivity index (χ3v) is 5.05. The molecule has 160 valence electrons. The van der Waals surface area contributed by atoms with E-state index in [-0.39, 0.29) is 11.3 Å². The number of aromatic amines is 1. The average molecular weight is 435 g/mol. The number of nitrogens with one attached hydrogen (secondary N) is 2. The van der Waals surface area contributed by atoms with Crippen LogP contribution in [0, 0.1) is 0 Å². The van der Waals surface area contributed by atoms with Crippen molar-refractivity contribution in [1.29, 1.82) is 0 Å². The molecule has 0 bridgehead atoms. The summed E-state index contributed by atoms with van der Waals surface area (Å²) in [7, 11) is 1.60. The first-order valence-electron chi connectivity index (χ1n) is 9.66. The van der Waals surface area contributed by atoms with Crippen molar-refractivity contribution in [1.82, 2.24) is 20.2 Å². The predicted molar refractivity (Wildman–Crippen MR) is 116 cm³/mol. The Labute approximate surface area is 180 Å². The van der Waals surface area contributed by atoms with Crippen molar-refractivity contribution in [3.05, 3.63) is 72.6 Å². The lowest BCUT2D eigenvalue weighted by Gasteiger charge is -2.12. The molecule has 0 unspecified atom stereocenters. The molecule has 2 heterocycles. The highest BCUT2D eigenvalue weighted by molar-refractivity contribution is 5.96. The van der Waals surface area contributed by atoms with E-state index in [0.717, 1.165) is 27.9 Å². The molecule has 0 aliphatic heterocycles. The van der Waals surface area contributed by atoms with Crippen molar-refractivity contribution in [2.45, 2.75) is 6.18 Å². The second-order valence-electron chi connectivity index (χ2n) is 7.10. The molecule has 0 aliphatic rings. The van der Waals surface area contributed by atoms with Gasteiger partial charge in [0.05, 0.1) is 23.8 Å². The van der Waals surface area contributed by atoms with Gasteiger partial charge in [0.15, 0.2) is 0 Å². The van der Waals surface area contributed by atoms with Crippen LogP contribution in [-0.2, 0) is 6.18 Å². The molecule has 0 radical (unpaired) electrons. The van der Waals surface area contributed by atoms with Crippen molar-refractivity contribution >= 4 is 33.3 Å². The number of hydrogen-bond donors (Lipinski definition) is 2. The Balaban J connectivity index is 1.58. The van der Waals surface area contributed by atoms with Crippen LogP contribution in [0.2, 0.25) is 0 Å². The number of fused-ring (bicyclic) bond motifs is 2. The largest absolute Gasteiger partial charge is 0.497 e. The highest BCUT2D eigenvalue weighted by Gasteiger charge is 2.35. The second kappa shape index (κ2) is 7.52. The minimum atomic E-state index is -4.66. The van der Waals surface area contributed by atoms with Gasteiger partial charge >= 0.3 is 6.18 Å². The van der Waals surface area contributed by atoms with Gasteiger partial charge in [-0.15, -0.1) is 0 Å². The number of hydrogen-bond acceptors (Lipinski definition) is 5. The zero-order valence-corrected chi connectivity index (χ0v) is 16.7. The maximum atomic E-state index is 13.3. The van der Waals surface area contributed by atoms with Crippen LogP contribution >= 0.6 is 0 Å². The number of ether oxygens (including phenoxy) is 1. The quantitative estimate of drug-likeness (QED) is 0.365. The number of rotatable bonds is 4. The van der Waals surface area contributed by atoms with Gasteiger partial charge in [0.1, 0.15) is 11.6 Å². The molecule has 2 aromatic heterocycles. The third-order valence-electron chi connectivity index (χ3n) is 5.05. The molecule has 0 amide bonds. The average Bonchev–Trinajstić information content (AvgIpc) is 3.22. The van der Waals surface area contributed by atoms with Gasteiger partial charge in [-0.05, 0) is 54.6 Å². The normalized spacial score (nSPS) is 11.8. The molecule has 5 aromatic rings. The molecule has 0 atom stereocenters. The molecule has 5 rings (SSSR count). The summed E-state index contributed by atoms with van der Waals surface area (Å²) in [4.78, 5) is 7.41. The van der Waals surface area contributed by atoms with Crippen LogP contribution in [0.3, 0.4) is 0 Å². The van der Waals surface area contributed by atoms with Crippen molar-refractivity contribution in [3.8, 4) is 17.0 Å². The fraction of sp³-hybridized carbons (Fsp3) is 0.0870. The van der Waals surface area contributed by atoms with Crippen LogP contribution in [0.5, 0.6) is 5.75 Å². The maximum absolute atomic E-state index is 13.3. The molecule has 32 heavy (non-hydrogen) atoms. The molecule has 0 saturated carbocycles. The van der Waals surface area contributed by atoms with Crippen molar-refractivity contribution in [3.63, 3.8) is 0 Å². The summed E-state index contributed by atoms with van der Waals surface area (Å²) in [6, 6.07) is 19.4. The monoisotopic (exact) mass is 435 g/mol. The van der Waals surface area contributed by atoms with Crippen LogP contribution in [-0.4, -0.2) is 27.3 Å². The second-order valence-corrected chi connectivity index (χ2v) is 7.10. The van der Waals surface area contributed by atoms with Crippen LogP contribution in [0.25, 0.3) is 33.1 Å². The molecule has 2 N–H and O–H groups in total. The van der Waals surface area contributed by atoms with Crippen LogP contribution in [0.1, 0.15) is 5.82 Å². The maximum Gasteiger partial charge on any atom is 0.451 e. The molecule has 6 nitrogen and oxygen atoms in total. The van der Waals surface area contributed by atoms with Crippen LogP contribution in [0.15, 0.2) is 66.7 Å². The molecule has 0 aliphatic carbocycles. The van der Waals surface area contributed by atoms with E-state index in [1.807, 2.05) is 36.4 Å². The Morgan fingerprint density at radius 1 is 0.906 bits per heavy atom. The standard InChI is InChI=1S/C23H16F3N5O/c1-32-15-9-6-13(7-10-15)20-17-12-14(8-11-19(17)30-31-20)27-21-16-4-2-3-5-18(16)28-22(29-21)23(24,25)26/h2-12H,1H3,(H,30,31)(H,27,28,29). The number of H-pyrrole nitrogens is 1. The number of benzene rings is 3. The molecule has 3 aromatic carbocycles. The highest BCUT2D eigenvalue weighted by Crippen LogP contribution is 2.33. The van der Waals surface area contributed by atoms with Gasteiger partial charge in [-0.2, -0.15) is 18.3 Å². The van der Waals surface area contributed by atoms with E-state index in [1.165, 1.54) is 6.07 Å². The number of methoxy groups -OCH3 is 1. The minimum absolute atomic E-state index is 0.0803. The highest BCUT2D eigenvalue weighted by atomic mass is 19.4. The van der Waals surface area contributed by atoms with Crippen LogP contribution in [0.4, 0.5) is 24.7 Å². The summed E-state index contributed by atoms with van der Waals surface area (Å²) >= 11 is 0. The lowest BCUT2D eigenvalue weighted by molar-refractivity contribution is -0.144. The molecular weight excluding hydrogens is 419 g/mol. The Morgan fingerprint density at radius 3 is 2.44 bits per heavy atom. The van der Waals surface area contributed by atoms with Gasteiger partial charge in [-0.1, -0.05) is 12.1 Å². The van der Waals surface area contributed by atoms with E-state index >= 15 is 0 Å². The lowest BCUT2D eigenvalue weighted by atomic mass is 10.1. The molecular formula is C23H16F3N5O. The summed E-state index contributed by atoms with van der Waals surface area (Å²) in [6.45, 7) is 0. The van der Waals surface area contributed by atoms with E-state index in [9.17, 15) is 13.2 Å². The topological polar surface area (TPSA) is 75.7 Å². The lowest BCUT2D eigenvalue weighted by Crippen LogP contribution is -2.12. The zero-order valence-electron chi connectivity index (χ0n) is 16.7. The van der Waals surface area contributed by atoms with Crippen molar-refractivity contribution in [2.24, 2.45) is 0 Å². The van der Waals surface area contributed by atoms with Crippen molar-refractivity contribution in [2.75, 3.05) is 12.4 Å². The number of para-hydroxylation sites is 1. The van der Waals surface area contributed by atoms with E-state index in [4.69, 9.17) is 4.74 Å². The summed E-state index contributed by atoms with van der Waals surface area (Å²) in [5.41, 5.74) is 3.17. The zero-order chi connectivity index (χ0) is 22.3. The van der Waals surface area contributed by atoms with Gasteiger partial charge in [0.2, 0.25) is 5.82 Å². The van der Waals surface area contributed by atoms with Gasteiger partial charge in [-0.3, -0.25) is 5.10 Å². The third kappa shape index (κ3) is 3.58. The van der Waals surface area contributed by atoms with Crippen LogP contribution < -0.4 is 10.1 Å². The van der Waals surface area contributed by atoms with E-state index in [0.29, 0.717) is 11.1 Å². The van der Waals surface area contributed by atoms with Gasteiger partial charge < -0.3 is 10.1 Å². The van der Waals surface area contributed by atoms with E-state index in [1.54, 1.807) is 31.4 Å². The molecule has 0 saturated heterocycles. The minimum Gasteiger partial charge on any atom is -0.497 e. The summed E-state index contributed by atoms with van der Waals surface area (Å²) in [6.07, 6.45) is -4.66. The Bertz CT molecular complexity index is 1430. The summed E-state index contributed by atoms with van der Waals surface area (Å²) < 4.78 is 45.2.